The molecule has 1 unspecified atom stereocenters. The summed E-state index contributed by atoms with van der Waals surface area (Å²) in [4.78, 5) is 28.9. The van der Waals surface area contributed by atoms with Crippen LogP contribution in [0.25, 0.3) is 0 Å². The van der Waals surface area contributed by atoms with Crippen molar-refractivity contribution in [2.45, 2.75) is 39.0 Å². The molecule has 1 amide bonds. The van der Waals surface area contributed by atoms with E-state index >= 15 is 0 Å². The van der Waals surface area contributed by atoms with Gasteiger partial charge in [-0.25, -0.2) is 9.78 Å². The number of rotatable bonds is 4. The minimum atomic E-state index is -1.08. The number of hydrogen-bond donors (Lipinski definition) is 1. The van der Waals surface area contributed by atoms with Crippen LogP contribution in [-0.4, -0.2) is 40.0 Å². The Hall–Kier alpha value is -1.43. The molecule has 1 aromatic rings. The van der Waals surface area contributed by atoms with Crippen LogP contribution in [0.15, 0.2) is 5.38 Å². The van der Waals surface area contributed by atoms with Crippen LogP contribution in [0.1, 0.15) is 59.3 Å². The third-order valence-electron chi connectivity index (χ3n) is 3.74. The summed E-state index contributed by atoms with van der Waals surface area (Å²) in [6.07, 6.45) is 5.65. The van der Waals surface area contributed by atoms with Gasteiger partial charge >= 0.3 is 5.97 Å². The van der Waals surface area contributed by atoms with Crippen LogP contribution in [0.3, 0.4) is 0 Å². The zero-order chi connectivity index (χ0) is 14.5. The SMILES string of the molecule is CCCC1CCCN(C(=O)c2nc(C(=O)O)cs2)CC1. The first kappa shape index (κ1) is 15.0. The molecule has 20 heavy (non-hydrogen) atoms. The molecule has 1 aliphatic heterocycles. The number of carboxylic acid groups (broad SMARTS) is 1. The number of likely N-dealkylation sites (tertiary alicyclic amines) is 1. The predicted molar refractivity (Wildman–Crippen MR) is 77.2 cm³/mol. The molecule has 1 saturated heterocycles. The van der Waals surface area contributed by atoms with E-state index in [1.54, 1.807) is 0 Å². The lowest BCUT2D eigenvalue weighted by molar-refractivity contribution is 0.0691. The molecule has 0 aliphatic carbocycles. The molecule has 1 N–H and O–H groups in total. The Labute approximate surface area is 122 Å². The van der Waals surface area contributed by atoms with Gasteiger partial charge in [0.25, 0.3) is 5.91 Å². The molecule has 1 aromatic heterocycles. The van der Waals surface area contributed by atoms with Crippen LogP contribution >= 0.6 is 11.3 Å². The van der Waals surface area contributed by atoms with E-state index in [-0.39, 0.29) is 16.6 Å². The van der Waals surface area contributed by atoms with Crippen molar-refractivity contribution in [2.75, 3.05) is 13.1 Å². The summed E-state index contributed by atoms with van der Waals surface area (Å²) in [7, 11) is 0. The molecule has 0 saturated carbocycles. The lowest BCUT2D eigenvalue weighted by Gasteiger charge is -2.19. The number of nitrogens with zero attached hydrogens (tertiary/aromatic N) is 2. The monoisotopic (exact) mass is 296 g/mol. The van der Waals surface area contributed by atoms with E-state index in [0.717, 1.165) is 37.3 Å². The molecular weight excluding hydrogens is 276 g/mol. The number of carbonyl (C=O) groups excluding carboxylic acids is 1. The van der Waals surface area contributed by atoms with E-state index in [0.29, 0.717) is 5.92 Å². The van der Waals surface area contributed by atoms with E-state index < -0.39 is 5.97 Å². The fourth-order valence-electron chi connectivity index (χ4n) is 2.67. The number of carbonyl (C=O) groups is 2. The summed E-state index contributed by atoms with van der Waals surface area (Å²) < 4.78 is 0. The summed E-state index contributed by atoms with van der Waals surface area (Å²) in [5.74, 6) is -0.498. The van der Waals surface area contributed by atoms with E-state index in [1.165, 1.54) is 24.6 Å². The smallest absolute Gasteiger partial charge is 0.355 e. The van der Waals surface area contributed by atoms with Crippen molar-refractivity contribution >= 4 is 23.2 Å². The summed E-state index contributed by atoms with van der Waals surface area (Å²) in [5.41, 5.74) is -0.0444. The van der Waals surface area contributed by atoms with Gasteiger partial charge in [-0.15, -0.1) is 11.3 Å². The summed E-state index contributed by atoms with van der Waals surface area (Å²) in [5, 5.41) is 10.6. The lowest BCUT2D eigenvalue weighted by atomic mass is 9.96. The number of amides is 1. The zero-order valence-electron chi connectivity index (χ0n) is 11.7. The lowest BCUT2D eigenvalue weighted by Crippen LogP contribution is -2.32. The highest BCUT2D eigenvalue weighted by Crippen LogP contribution is 2.23. The molecule has 0 bridgehead atoms. The number of thiazole rings is 1. The number of carboxylic acids is 1. The van der Waals surface area contributed by atoms with Gasteiger partial charge in [-0.3, -0.25) is 4.79 Å². The summed E-state index contributed by atoms with van der Waals surface area (Å²) in [6, 6.07) is 0. The number of hydrogen-bond acceptors (Lipinski definition) is 4. The topological polar surface area (TPSA) is 70.5 Å². The highest BCUT2D eigenvalue weighted by atomic mass is 32.1. The van der Waals surface area contributed by atoms with Crippen molar-refractivity contribution in [3.8, 4) is 0 Å². The maximum atomic E-state index is 12.3. The second kappa shape index (κ2) is 6.83. The summed E-state index contributed by atoms with van der Waals surface area (Å²) >= 11 is 1.11. The van der Waals surface area contributed by atoms with Crippen molar-refractivity contribution in [1.82, 2.24) is 9.88 Å². The minimum absolute atomic E-state index is 0.0444. The average Bonchev–Trinajstić information content (AvgIpc) is 2.80. The maximum Gasteiger partial charge on any atom is 0.355 e. The van der Waals surface area contributed by atoms with Crippen molar-refractivity contribution in [3.05, 3.63) is 16.1 Å². The molecule has 6 heteroatoms. The van der Waals surface area contributed by atoms with Gasteiger partial charge in [0.15, 0.2) is 10.7 Å². The van der Waals surface area contributed by atoms with Gasteiger partial charge in [-0.1, -0.05) is 19.8 Å². The average molecular weight is 296 g/mol. The Morgan fingerprint density at radius 3 is 2.90 bits per heavy atom. The third-order valence-corrected chi connectivity index (χ3v) is 4.57. The first-order valence-electron chi connectivity index (χ1n) is 7.10. The van der Waals surface area contributed by atoms with Crippen molar-refractivity contribution in [1.29, 1.82) is 0 Å². The van der Waals surface area contributed by atoms with E-state index in [4.69, 9.17) is 5.11 Å². The third kappa shape index (κ3) is 3.56. The Morgan fingerprint density at radius 2 is 2.25 bits per heavy atom. The van der Waals surface area contributed by atoms with Gasteiger partial charge in [0, 0.05) is 18.5 Å². The highest BCUT2D eigenvalue weighted by Gasteiger charge is 2.24. The first-order valence-corrected chi connectivity index (χ1v) is 7.98. The molecule has 0 aromatic carbocycles. The fourth-order valence-corrected chi connectivity index (χ4v) is 3.43. The fraction of sp³-hybridized carbons (Fsp3) is 0.643. The van der Waals surface area contributed by atoms with Crippen molar-refractivity contribution in [2.24, 2.45) is 5.92 Å². The van der Waals surface area contributed by atoms with E-state index in [9.17, 15) is 9.59 Å². The Kier molecular flexibility index (Phi) is 5.11. The standard InChI is InChI=1S/C14H20N2O3S/c1-2-4-10-5-3-7-16(8-6-10)13(17)12-15-11(9-20-12)14(18)19/h9-10H,2-8H2,1H3,(H,18,19). The van der Waals surface area contributed by atoms with Gasteiger partial charge in [0.2, 0.25) is 0 Å². The van der Waals surface area contributed by atoms with Crippen LogP contribution in [-0.2, 0) is 0 Å². The van der Waals surface area contributed by atoms with Gasteiger partial charge in [-0.2, -0.15) is 0 Å². The second-order valence-electron chi connectivity index (χ2n) is 5.22. The van der Waals surface area contributed by atoms with Crippen LogP contribution in [0.5, 0.6) is 0 Å². The molecule has 0 radical (unpaired) electrons. The zero-order valence-corrected chi connectivity index (χ0v) is 12.5. The maximum absolute atomic E-state index is 12.3. The number of aromatic carboxylic acids is 1. The highest BCUT2D eigenvalue weighted by molar-refractivity contribution is 7.11. The molecule has 1 fully saturated rings. The minimum Gasteiger partial charge on any atom is -0.476 e. The molecule has 2 heterocycles. The van der Waals surface area contributed by atoms with Crippen LogP contribution in [0, 0.1) is 5.92 Å². The molecule has 110 valence electrons. The molecule has 0 spiro atoms. The Morgan fingerprint density at radius 1 is 1.45 bits per heavy atom. The largest absolute Gasteiger partial charge is 0.476 e. The van der Waals surface area contributed by atoms with Gasteiger partial charge < -0.3 is 10.0 Å². The molecule has 2 rings (SSSR count). The van der Waals surface area contributed by atoms with Crippen LogP contribution in [0.2, 0.25) is 0 Å². The van der Waals surface area contributed by atoms with Gasteiger partial charge in [0.1, 0.15) is 0 Å². The molecular formula is C14H20N2O3S. The van der Waals surface area contributed by atoms with Crippen LogP contribution in [0.4, 0.5) is 0 Å². The molecule has 1 aliphatic rings. The Balaban J connectivity index is 1.99. The van der Waals surface area contributed by atoms with E-state index in [1.807, 2.05) is 4.90 Å². The quantitative estimate of drug-likeness (QED) is 0.927. The summed E-state index contributed by atoms with van der Waals surface area (Å²) in [6.45, 7) is 3.70. The second-order valence-corrected chi connectivity index (χ2v) is 6.08. The number of aromatic nitrogens is 1. The van der Waals surface area contributed by atoms with Crippen molar-refractivity contribution in [3.63, 3.8) is 0 Å². The van der Waals surface area contributed by atoms with Gasteiger partial charge in [0.05, 0.1) is 0 Å². The van der Waals surface area contributed by atoms with Crippen molar-refractivity contribution < 1.29 is 14.7 Å². The normalized spacial score (nSPS) is 19.6. The molecule has 5 nitrogen and oxygen atoms in total. The van der Waals surface area contributed by atoms with Gasteiger partial charge in [-0.05, 0) is 25.2 Å². The Bertz CT molecular complexity index is 487. The van der Waals surface area contributed by atoms with E-state index in [2.05, 4.69) is 11.9 Å². The molecule has 1 atom stereocenters. The van der Waals surface area contributed by atoms with Crippen LogP contribution < -0.4 is 0 Å². The predicted octanol–water partition coefficient (Wildman–Crippen LogP) is 2.88. The first-order chi connectivity index (χ1) is 9.61.